The molecule has 1 aliphatic heterocycles. The van der Waals surface area contributed by atoms with Gasteiger partial charge in [0.25, 0.3) is 5.91 Å². The molecule has 30 heavy (non-hydrogen) atoms. The van der Waals surface area contributed by atoms with Gasteiger partial charge in [0, 0.05) is 42.0 Å². The van der Waals surface area contributed by atoms with Crippen LogP contribution in [-0.2, 0) is 6.42 Å². The van der Waals surface area contributed by atoms with Crippen molar-refractivity contribution in [2.24, 2.45) is 4.99 Å². The number of pyridine rings is 1. The fourth-order valence-electron chi connectivity index (χ4n) is 3.35. The second-order valence-corrected chi connectivity index (χ2v) is 6.90. The van der Waals surface area contributed by atoms with E-state index in [1.807, 2.05) is 30.3 Å². The van der Waals surface area contributed by atoms with Crippen LogP contribution in [-0.4, -0.2) is 29.7 Å². The van der Waals surface area contributed by atoms with Crippen molar-refractivity contribution < 1.29 is 13.6 Å². The smallest absolute Gasteiger partial charge is 0.251 e. The summed E-state index contributed by atoms with van der Waals surface area (Å²) in [7, 11) is 0. The monoisotopic (exact) mass is 403 g/mol. The number of rotatable bonds is 6. The Morgan fingerprint density at radius 2 is 1.77 bits per heavy atom. The number of nitrogens with one attached hydrogen (secondary N) is 1. The normalized spacial score (nSPS) is 13.0. The summed E-state index contributed by atoms with van der Waals surface area (Å²) >= 11 is 0. The molecule has 2 heterocycles. The van der Waals surface area contributed by atoms with Crippen LogP contribution in [0.5, 0.6) is 0 Å². The van der Waals surface area contributed by atoms with Crippen LogP contribution in [0.3, 0.4) is 0 Å². The summed E-state index contributed by atoms with van der Waals surface area (Å²) in [5.74, 6) is -1.47. The summed E-state index contributed by atoms with van der Waals surface area (Å²) in [6.45, 7) is 0.758. The number of carbonyl (C=O) groups is 1. The van der Waals surface area contributed by atoms with Crippen LogP contribution in [0.25, 0.3) is 5.57 Å². The minimum Gasteiger partial charge on any atom is -0.352 e. The van der Waals surface area contributed by atoms with Gasteiger partial charge >= 0.3 is 0 Å². The van der Waals surface area contributed by atoms with E-state index >= 15 is 0 Å². The van der Waals surface area contributed by atoms with Crippen LogP contribution in [0.1, 0.15) is 27.2 Å². The highest BCUT2D eigenvalue weighted by molar-refractivity contribution is 6.19. The van der Waals surface area contributed by atoms with Gasteiger partial charge in [-0.25, -0.2) is 8.78 Å². The molecule has 0 spiro atoms. The fraction of sp³-hybridized carbons (Fsp3) is 0.125. The highest BCUT2D eigenvalue weighted by Gasteiger charge is 2.18. The van der Waals surface area contributed by atoms with Crippen LogP contribution in [0, 0.1) is 11.6 Å². The maximum Gasteiger partial charge on any atom is 0.251 e. The molecule has 0 aliphatic carbocycles. The molecule has 1 amide bonds. The molecular weight excluding hydrogens is 384 g/mol. The number of halogens is 2. The zero-order valence-electron chi connectivity index (χ0n) is 16.1. The molecule has 4 nitrogen and oxygen atoms in total. The van der Waals surface area contributed by atoms with Gasteiger partial charge < -0.3 is 5.32 Å². The molecule has 0 saturated heterocycles. The topological polar surface area (TPSA) is 54.4 Å². The van der Waals surface area contributed by atoms with E-state index in [2.05, 4.69) is 15.3 Å². The number of hydrogen-bond donors (Lipinski definition) is 1. The highest BCUT2D eigenvalue weighted by atomic mass is 19.1. The van der Waals surface area contributed by atoms with Crippen molar-refractivity contribution >= 4 is 17.2 Å². The van der Waals surface area contributed by atoms with Crippen LogP contribution in [0.2, 0.25) is 0 Å². The molecule has 6 heteroatoms. The second kappa shape index (κ2) is 8.78. The van der Waals surface area contributed by atoms with E-state index in [4.69, 9.17) is 0 Å². The third kappa shape index (κ3) is 4.49. The van der Waals surface area contributed by atoms with Gasteiger partial charge in [0.1, 0.15) is 11.6 Å². The van der Waals surface area contributed by atoms with E-state index in [9.17, 15) is 13.6 Å². The molecule has 1 aromatic heterocycles. The molecular formula is C24H19F2N3O. The van der Waals surface area contributed by atoms with Crippen molar-refractivity contribution in [1.29, 1.82) is 0 Å². The van der Waals surface area contributed by atoms with Gasteiger partial charge in [-0.2, -0.15) is 0 Å². The minimum absolute atomic E-state index is 0.206. The molecule has 3 aromatic rings. The highest BCUT2D eigenvalue weighted by Crippen LogP contribution is 2.24. The first-order valence-corrected chi connectivity index (χ1v) is 9.59. The number of benzene rings is 2. The lowest BCUT2D eigenvalue weighted by Crippen LogP contribution is -2.27. The zero-order valence-corrected chi connectivity index (χ0v) is 16.1. The summed E-state index contributed by atoms with van der Waals surface area (Å²) in [4.78, 5) is 21.5. The molecule has 0 atom stereocenters. The Balaban J connectivity index is 1.50. The third-order valence-electron chi connectivity index (χ3n) is 4.80. The van der Waals surface area contributed by atoms with E-state index in [-0.39, 0.29) is 5.91 Å². The predicted molar refractivity (Wildman–Crippen MR) is 112 cm³/mol. The Bertz CT molecular complexity index is 1120. The van der Waals surface area contributed by atoms with Gasteiger partial charge in [-0.3, -0.25) is 14.8 Å². The summed E-state index contributed by atoms with van der Waals surface area (Å²) < 4.78 is 27.1. The standard InChI is InChI=1S/C24H19F2N3O/c25-18-11-16(12-19(26)14-18)17-13-23(29-15-17)21-6-1-2-7-22(21)24(30)28-10-8-20-5-3-4-9-27-20/h1-7,9,11-14H,8,10,15H2,(H,28,30). The van der Waals surface area contributed by atoms with Gasteiger partial charge in [0.2, 0.25) is 0 Å². The number of nitrogens with zero attached hydrogens (tertiary/aromatic N) is 2. The van der Waals surface area contributed by atoms with Gasteiger partial charge in [-0.05, 0) is 47.5 Å². The van der Waals surface area contributed by atoms with E-state index in [1.165, 1.54) is 12.1 Å². The van der Waals surface area contributed by atoms with E-state index in [1.54, 1.807) is 24.4 Å². The van der Waals surface area contributed by atoms with Gasteiger partial charge in [0.05, 0.1) is 12.3 Å². The average Bonchev–Trinajstić information content (AvgIpc) is 3.24. The molecule has 0 bridgehead atoms. The van der Waals surface area contributed by atoms with Crippen LogP contribution >= 0.6 is 0 Å². The van der Waals surface area contributed by atoms with Gasteiger partial charge in [0.15, 0.2) is 0 Å². The van der Waals surface area contributed by atoms with Gasteiger partial charge in [-0.15, -0.1) is 0 Å². The number of aliphatic imine (C=N–C) groups is 1. The van der Waals surface area contributed by atoms with Gasteiger partial charge in [-0.1, -0.05) is 24.3 Å². The Morgan fingerprint density at radius 1 is 1.00 bits per heavy atom. The first-order chi connectivity index (χ1) is 14.6. The van der Waals surface area contributed by atoms with Crippen molar-refractivity contribution in [3.8, 4) is 0 Å². The molecule has 2 aromatic carbocycles. The van der Waals surface area contributed by atoms with Crippen molar-refractivity contribution in [3.05, 3.63) is 107 Å². The Hall–Kier alpha value is -3.67. The average molecular weight is 403 g/mol. The summed E-state index contributed by atoms with van der Waals surface area (Å²) in [6, 6.07) is 16.2. The predicted octanol–water partition coefficient (Wildman–Crippen LogP) is 4.22. The maximum atomic E-state index is 13.6. The Morgan fingerprint density at radius 3 is 2.53 bits per heavy atom. The number of allylic oxidation sites excluding steroid dienone is 1. The molecule has 0 unspecified atom stereocenters. The molecule has 0 saturated carbocycles. The second-order valence-electron chi connectivity index (χ2n) is 6.90. The molecule has 1 aliphatic rings. The zero-order chi connectivity index (χ0) is 20.9. The van der Waals surface area contributed by atoms with Crippen molar-refractivity contribution in [2.45, 2.75) is 6.42 Å². The largest absolute Gasteiger partial charge is 0.352 e. The Labute approximate surface area is 173 Å². The summed E-state index contributed by atoms with van der Waals surface area (Å²) in [6.07, 6.45) is 4.12. The maximum absolute atomic E-state index is 13.6. The number of carbonyl (C=O) groups excluding carboxylic acids is 1. The molecule has 0 radical (unpaired) electrons. The lowest BCUT2D eigenvalue weighted by atomic mass is 10.00. The van der Waals surface area contributed by atoms with E-state index < -0.39 is 11.6 Å². The van der Waals surface area contributed by atoms with Crippen molar-refractivity contribution in [1.82, 2.24) is 10.3 Å². The lowest BCUT2D eigenvalue weighted by Gasteiger charge is -2.09. The molecule has 150 valence electrons. The number of hydrogen-bond acceptors (Lipinski definition) is 3. The lowest BCUT2D eigenvalue weighted by molar-refractivity contribution is 0.0954. The van der Waals surface area contributed by atoms with Crippen LogP contribution in [0.15, 0.2) is 77.9 Å². The molecule has 0 fully saturated rings. The first kappa shape index (κ1) is 19.6. The minimum atomic E-state index is -0.632. The van der Waals surface area contributed by atoms with E-state index in [0.29, 0.717) is 47.5 Å². The van der Waals surface area contributed by atoms with Crippen LogP contribution in [0.4, 0.5) is 8.78 Å². The van der Waals surface area contributed by atoms with Crippen molar-refractivity contribution in [2.75, 3.05) is 13.1 Å². The van der Waals surface area contributed by atoms with Crippen LogP contribution < -0.4 is 5.32 Å². The quantitative estimate of drug-likeness (QED) is 0.670. The van der Waals surface area contributed by atoms with Crippen molar-refractivity contribution in [3.63, 3.8) is 0 Å². The number of amides is 1. The molecule has 4 rings (SSSR count). The Kier molecular flexibility index (Phi) is 5.75. The van der Waals surface area contributed by atoms with E-state index in [0.717, 1.165) is 11.8 Å². The fourth-order valence-corrected chi connectivity index (χ4v) is 3.35. The first-order valence-electron chi connectivity index (χ1n) is 9.59. The summed E-state index contributed by atoms with van der Waals surface area (Å²) in [5, 5.41) is 2.92. The molecule has 1 N–H and O–H groups in total. The number of aromatic nitrogens is 1. The SMILES string of the molecule is O=C(NCCc1ccccn1)c1ccccc1C1=NCC(c2cc(F)cc(F)c2)=C1. The summed E-state index contributed by atoms with van der Waals surface area (Å²) in [5.41, 5.74) is 3.85. The third-order valence-corrected chi connectivity index (χ3v) is 4.80.